The molecule has 1 aromatic rings. The Hall–Kier alpha value is -1.42. The summed E-state index contributed by atoms with van der Waals surface area (Å²) < 4.78 is 23.5. The Balaban J connectivity index is 1.95. The van der Waals surface area contributed by atoms with Crippen molar-refractivity contribution in [2.45, 2.75) is 25.6 Å². The maximum atomic E-state index is 13.3. The van der Waals surface area contributed by atoms with Crippen LogP contribution in [0.15, 0.2) is 24.3 Å². The van der Waals surface area contributed by atoms with Crippen molar-refractivity contribution >= 4 is 5.97 Å². The van der Waals surface area contributed by atoms with Crippen LogP contribution in [0.25, 0.3) is 0 Å². The topological polar surface area (TPSA) is 35.5 Å². The molecule has 4 heteroatoms. The standard InChI is InChI=1S/C13H15FO3/c1-16-13(15)12(9-6-7-9)17-8-10-4-2-3-5-11(10)14/h2-5,9,12H,6-8H2,1H3. The molecule has 3 nitrogen and oxygen atoms in total. The Labute approximate surface area is 99.5 Å². The lowest BCUT2D eigenvalue weighted by molar-refractivity contribution is -0.156. The Morgan fingerprint density at radius 3 is 2.76 bits per heavy atom. The van der Waals surface area contributed by atoms with Crippen molar-refractivity contribution in [2.75, 3.05) is 7.11 Å². The van der Waals surface area contributed by atoms with E-state index in [1.54, 1.807) is 18.2 Å². The number of hydrogen-bond acceptors (Lipinski definition) is 3. The molecule has 0 bridgehead atoms. The zero-order chi connectivity index (χ0) is 12.3. The smallest absolute Gasteiger partial charge is 0.335 e. The highest BCUT2D eigenvalue weighted by Crippen LogP contribution is 2.35. The van der Waals surface area contributed by atoms with Gasteiger partial charge < -0.3 is 9.47 Å². The largest absolute Gasteiger partial charge is 0.467 e. The number of rotatable bonds is 5. The molecule has 0 aromatic heterocycles. The molecule has 0 aliphatic heterocycles. The van der Waals surface area contributed by atoms with E-state index in [9.17, 15) is 9.18 Å². The summed E-state index contributed by atoms with van der Waals surface area (Å²) in [5.41, 5.74) is 0.460. The highest BCUT2D eigenvalue weighted by atomic mass is 19.1. The van der Waals surface area contributed by atoms with Crippen molar-refractivity contribution < 1.29 is 18.7 Å². The normalized spacial score (nSPS) is 16.6. The fraction of sp³-hybridized carbons (Fsp3) is 0.462. The molecule has 0 spiro atoms. The fourth-order valence-corrected chi connectivity index (χ4v) is 1.71. The van der Waals surface area contributed by atoms with E-state index in [4.69, 9.17) is 4.74 Å². The zero-order valence-electron chi connectivity index (χ0n) is 9.69. The van der Waals surface area contributed by atoms with E-state index in [0.29, 0.717) is 5.56 Å². The van der Waals surface area contributed by atoms with Crippen LogP contribution in [0, 0.1) is 11.7 Å². The van der Waals surface area contributed by atoms with Gasteiger partial charge in [-0.3, -0.25) is 0 Å². The van der Waals surface area contributed by atoms with Gasteiger partial charge in [-0.2, -0.15) is 0 Å². The summed E-state index contributed by atoms with van der Waals surface area (Å²) in [5.74, 6) is -0.454. The average Bonchev–Trinajstić information content (AvgIpc) is 3.15. The Morgan fingerprint density at radius 1 is 1.47 bits per heavy atom. The van der Waals surface area contributed by atoms with E-state index in [-0.39, 0.29) is 24.3 Å². The average molecular weight is 238 g/mol. The summed E-state index contributed by atoms with van der Waals surface area (Å²) >= 11 is 0. The molecule has 1 aliphatic carbocycles. The summed E-state index contributed by atoms with van der Waals surface area (Å²) in [6.45, 7) is 0.100. The molecule has 0 radical (unpaired) electrons. The lowest BCUT2D eigenvalue weighted by atomic mass is 10.2. The molecule has 1 fully saturated rings. The number of carbonyl (C=O) groups excluding carboxylic acids is 1. The summed E-state index contributed by atoms with van der Waals surface area (Å²) in [5, 5.41) is 0. The minimum Gasteiger partial charge on any atom is -0.467 e. The third kappa shape index (κ3) is 3.03. The van der Waals surface area contributed by atoms with Crippen LogP contribution in [0.3, 0.4) is 0 Å². The second kappa shape index (κ2) is 5.27. The van der Waals surface area contributed by atoms with Crippen molar-refractivity contribution in [3.8, 4) is 0 Å². The van der Waals surface area contributed by atoms with Crippen molar-refractivity contribution in [1.82, 2.24) is 0 Å². The molecule has 0 heterocycles. The van der Waals surface area contributed by atoms with Crippen molar-refractivity contribution in [1.29, 1.82) is 0 Å². The van der Waals surface area contributed by atoms with E-state index in [1.165, 1.54) is 13.2 Å². The Bertz CT molecular complexity index is 401. The first-order valence-electron chi connectivity index (χ1n) is 5.65. The quantitative estimate of drug-likeness (QED) is 0.738. The second-order valence-electron chi connectivity index (χ2n) is 4.18. The van der Waals surface area contributed by atoms with E-state index in [2.05, 4.69) is 4.74 Å². The van der Waals surface area contributed by atoms with Gasteiger partial charge in [0.05, 0.1) is 13.7 Å². The monoisotopic (exact) mass is 238 g/mol. The lowest BCUT2D eigenvalue weighted by Gasteiger charge is -2.15. The van der Waals surface area contributed by atoms with Crippen LogP contribution in [0.4, 0.5) is 4.39 Å². The summed E-state index contributed by atoms with van der Waals surface area (Å²) in [6, 6.07) is 6.39. The Kier molecular flexibility index (Phi) is 3.74. The molecule has 0 amide bonds. The SMILES string of the molecule is COC(=O)C(OCc1ccccc1F)C1CC1. The number of halogens is 1. The van der Waals surface area contributed by atoms with Crippen LogP contribution in [-0.4, -0.2) is 19.2 Å². The maximum absolute atomic E-state index is 13.3. The van der Waals surface area contributed by atoms with Gasteiger partial charge in [0, 0.05) is 5.56 Å². The number of benzene rings is 1. The van der Waals surface area contributed by atoms with Crippen LogP contribution in [0.5, 0.6) is 0 Å². The first-order chi connectivity index (χ1) is 8.22. The zero-order valence-corrected chi connectivity index (χ0v) is 9.69. The fourth-order valence-electron chi connectivity index (χ4n) is 1.71. The first-order valence-corrected chi connectivity index (χ1v) is 5.65. The molecule has 0 N–H and O–H groups in total. The van der Waals surface area contributed by atoms with Crippen LogP contribution in [-0.2, 0) is 20.9 Å². The first kappa shape index (κ1) is 12.0. The summed E-state index contributed by atoms with van der Waals surface area (Å²) in [4.78, 5) is 11.5. The molecule has 0 saturated heterocycles. The molecule has 2 rings (SSSR count). The van der Waals surface area contributed by atoms with E-state index < -0.39 is 6.10 Å². The van der Waals surface area contributed by atoms with Gasteiger partial charge in [-0.15, -0.1) is 0 Å². The van der Waals surface area contributed by atoms with Gasteiger partial charge in [0.2, 0.25) is 0 Å². The van der Waals surface area contributed by atoms with Crippen molar-refractivity contribution in [3.63, 3.8) is 0 Å². The molecule has 1 unspecified atom stereocenters. The summed E-state index contributed by atoms with van der Waals surface area (Å²) in [7, 11) is 1.34. The molecule has 1 saturated carbocycles. The number of ether oxygens (including phenoxy) is 2. The van der Waals surface area contributed by atoms with Gasteiger partial charge in [-0.05, 0) is 24.8 Å². The highest BCUT2D eigenvalue weighted by Gasteiger charge is 2.37. The predicted octanol–water partition coefficient (Wildman–Crippen LogP) is 2.29. The van der Waals surface area contributed by atoms with E-state index in [1.807, 2.05) is 0 Å². The van der Waals surface area contributed by atoms with Gasteiger partial charge in [-0.1, -0.05) is 18.2 Å². The van der Waals surface area contributed by atoms with E-state index >= 15 is 0 Å². The number of methoxy groups -OCH3 is 1. The number of carbonyl (C=O) groups is 1. The van der Waals surface area contributed by atoms with Gasteiger partial charge in [0.25, 0.3) is 0 Å². The second-order valence-corrected chi connectivity index (χ2v) is 4.18. The van der Waals surface area contributed by atoms with Crippen LogP contribution in [0.1, 0.15) is 18.4 Å². The molecule has 1 atom stereocenters. The number of esters is 1. The molecule has 92 valence electrons. The number of hydrogen-bond donors (Lipinski definition) is 0. The minimum atomic E-state index is -0.556. The van der Waals surface area contributed by atoms with Crippen LogP contribution < -0.4 is 0 Å². The van der Waals surface area contributed by atoms with Gasteiger partial charge in [0.1, 0.15) is 5.82 Å². The predicted molar refractivity (Wildman–Crippen MR) is 59.7 cm³/mol. The molecular weight excluding hydrogens is 223 g/mol. The van der Waals surface area contributed by atoms with Crippen LogP contribution >= 0.6 is 0 Å². The molecule has 1 aliphatic rings. The maximum Gasteiger partial charge on any atom is 0.335 e. The lowest BCUT2D eigenvalue weighted by Crippen LogP contribution is -2.27. The highest BCUT2D eigenvalue weighted by molar-refractivity contribution is 5.75. The van der Waals surface area contributed by atoms with Gasteiger partial charge >= 0.3 is 5.97 Å². The van der Waals surface area contributed by atoms with Crippen LogP contribution in [0.2, 0.25) is 0 Å². The van der Waals surface area contributed by atoms with Gasteiger partial charge in [0.15, 0.2) is 6.10 Å². The molecular formula is C13H15FO3. The Morgan fingerprint density at radius 2 is 2.18 bits per heavy atom. The minimum absolute atomic E-state index is 0.100. The molecule has 1 aromatic carbocycles. The van der Waals surface area contributed by atoms with Crippen molar-refractivity contribution in [2.24, 2.45) is 5.92 Å². The summed E-state index contributed by atoms with van der Waals surface area (Å²) in [6.07, 6.45) is 1.38. The van der Waals surface area contributed by atoms with Gasteiger partial charge in [-0.25, -0.2) is 9.18 Å². The molecule has 17 heavy (non-hydrogen) atoms. The third-order valence-electron chi connectivity index (χ3n) is 2.86. The van der Waals surface area contributed by atoms with Crippen molar-refractivity contribution in [3.05, 3.63) is 35.6 Å². The van der Waals surface area contributed by atoms with E-state index in [0.717, 1.165) is 12.8 Å². The third-order valence-corrected chi connectivity index (χ3v) is 2.86.